The summed E-state index contributed by atoms with van der Waals surface area (Å²) >= 11 is 0. The molecule has 0 fully saturated rings. The van der Waals surface area contributed by atoms with E-state index in [0.717, 1.165) is 12.8 Å². The van der Waals surface area contributed by atoms with Gasteiger partial charge in [-0.1, -0.05) is 13.8 Å². The molecule has 0 aliphatic heterocycles. The predicted octanol–water partition coefficient (Wildman–Crippen LogP) is 0.507. The molecule has 0 aromatic heterocycles. The number of amides is 1. The lowest BCUT2D eigenvalue weighted by Gasteiger charge is -2.06. The summed E-state index contributed by atoms with van der Waals surface area (Å²) in [5.41, 5.74) is 0. The van der Waals surface area contributed by atoms with Crippen molar-refractivity contribution in [1.29, 1.82) is 0 Å². The van der Waals surface area contributed by atoms with Gasteiger partial charge < -0.3 is 15.2 Å². The number of ketones is 1. The third-order valence-corrected chi connectivity index (χ3v) is 2.26. The van der Waals surface area contributed by atoms with Crippen LogP contribution in [0.15, 0.2) is 0 Å². The van der Waals surface area contributed by atoms with Crippen LogP contribution in [-0.2, 0) is 14.3 Å². The summed E-state index contributed by atoms with van der Waals surface area (Å²) in [4.78, 5) is 22.3. The molecule has 5 nitrogen and oxygen atoms in total. The van der Waals surface area contributed by atoms with Gasteiger partial charge >= 0.3 is 0 Å². The zero-order valence-electron chi connectivity index (χ0n) is 10.7. The minimum absolute atomic E-state index is 0.0132. The number of hydrogen-bond acceptors (Lipinski definition) is 4. The van der Waals surface area contributed by atoms with Gasteiger partial charge in [-0.05, 0) is 12.8 Å². The van der Waals surface area contributed by atoms with Gasteiger partial charge in [-0.15, -0.1) is 0 Å². The van der Waals surface area contributed by atoms with Gasteiger partial charge in [0.15, 0.2) is 5.78 Å². The van der Waals surface area contributed by atoms with E-state index in [1.165, 1.54) is 0 Å². The lowest BCUT2D eigenvalue weighted by Crippen LogP contribution is -2.26. The lowest BCUT2D eigenvalue weighted by molar-refractivity contribution is -0.126. The van der Waals surface area contributed by atoms with E-state index in [1.54, 1.807) is 0 Å². The Labute approximate surface area is 103 Å². The van der Waals surface area contributed by atoms with Gasteiger partial charge in [0.2, 0.25) is 5.91 Å². The number of hydrogen-bond donors (Lipinski definition) is 2. The molecule has 0 bridgehead atoms. The van der Waals surface area contributed by atoms with E-state index in [2.05, 4.69) is 5.32 Å². The molecule has 0 radical (unpaired) electrons. The fourth-order valence-corrected chi connectivity index (χ4v) is 1.11. The first-order valence-electron chi connectivity index (χ1n) is 6.06. The number of carbonyl (C=O) groups is 2. The Bertz CT molecular complexity index is 229. The topological polar surface area (TPSA) is 75.6 Å². The largest absolute Gasteiger partial charge is 0.395 e. The maximum atomic E-state index is 11.2. The molecule has 0 unspecified atom stereocenters. The molecule has 5 heteroatoms. The van der Waals surface area contributed by atoms with Crippen molar-refractivity contribution in [3.63, 3.8) is 0 Å². The normalized spacial score (nSPS) is 10.6. The van der Waals surface area contributed by atoms with Gasteiger partial charge in [-0.25, -0.2) is 0 Å². The van der Waals surface area contributed by atoms with Gasteiger partial charge in [0.25, 0.3) is 0 Å². The SMILES string of the molecule is CC(C)C(=O)COCCCCC(=O)NCCO. The number of Topliss-reactive ketones (excluding diaryl/α,β-unsaturated/α-hetero) is 1. The van der Waals surface area contributed by atoms with Crippen molar-refractivity contribution in [2.45, 2.75) is 33.1 Å². The van der Waals surface area contributed by atoms with Crippen molar-refractivity contribution in [2.75, 3.05) is 26.4 Å². The number of aliphatic hydroxyl groups is 1. The van der Waals surface area contributed by atoms with Gasteiger partial charge in [-0.3, -0.25) is 9.59 Å². The van der Waals surface area contributed by atoms with Gasteiger partial charge in [-0.2, -0.15) is 0 Å². The monoisotopic (exact) mass is 245 g/mol. The molecule has 0 heterocycles. The van der Waals surface area contributed by atoms with Crippen LogP contribution in [0.25, 0.3) is 0 Å². The van der Waals surface area contributed by atoms with E-state index in [9.17, 15) is 9.59 Å². The zero-order valence-corrected chi connectivity index (χ0v) is 10.7. The van der Waals surface area contributed by atoms with Crippen molar-refractivity contribution in [3.05, 3.63) is 0 Å². The van der Waals surface area contributed by atoms with E-state index >= 15 is 0 Å². The van der Waals surface area contributed by atoms with E-state index in [0.29, 0.717) is 19.6 Å². The van der Waals surface area contributed by atoms with Gasteiger partial charge in [0, 0.05) is 25.5 Å². The van der Waals surface area contributed by atoms with Crippen LogP contribution in [0, 0.1) is 5.92 Å². The Morgan fingerprint density at radius 3 is 2.59 bits per heavy atom. The fraction of sp³-hybridized carbons (Fsp3) is 0.833. The number of ether oxygens (including phenoxy) is 1. The van der Waals surface area contributed by atoms with E-state index in [-0.39, 0.29) is 30.8 Å². The highest BCUT2D eigenvalue weighted by atomic mass is 16.5. The van der Waals surface area contributed by atoms with Crippen LogP contribution in [0.5, 0.6) is 0 Å². The number of aliphatic hydroxyl groups excluding tert-OH is 1. The summed E-state index contributed by atoms with van der Waals surface area (Å²) in [6.07, 6.45) is 1.92. The van der Waals surface area contributed by atoms with Crippen molar-refractivity contribution >= 4 is 11.7 Å². The third-order valence-electron chi connectivity index (χ3n) is 2.26. The molecule has 0 saturated heterocycles. The quantitative estimate of drug-likeness (QED) is 0.550. The molecule has 0 aromatic carbocycles. The molecule has 2 N–H and O–H groups in total. The standard InChI is InChI=1S/C12H23NO4/c1-10(2)11(15)9-17-8-4-3-5-12(16)13-6-7-14/h10,14H,3-9H2,1-2H3,(H,13,16). The van der Waals surface area contributed by atoms with Crippen LogP contribution < -0.4 is 5.32 Å². The Morgan fingerprint density at radius 2 is 2.00 bits per heavy atom. The Hall–Kier alpha value is -0.940. The second-order valence-corrected chi connectivity index (χ2v) is 4.20. The molecule has 0 aromatic rings. The van der Waals surface area contributed by atoms with Crippen LogP contribution in [0.3, 0.4) is 0 Å². The lowest BCUT2D eigenvalue weighted by atomic mass is 10.1. The summed E-state index contributed by atoms with van der Waals surface area (Å²) in [5.74, 6) is 0.0576. The molecule has 100 valence electrons. The Kier molecular flexibility index (Phi) is 9.66. The smallest absolute Gasteiger partial charge is 0.220 e. The van der Waals surface area contributed by atoms with Crippen LogP contribution in [0.1, 0.15) is 33.1 Å². The predicted molar refractivity (Wildman–Crippen MR) is 64.6 cm³/mol. The highest BCUT2D eigenvalue weighted by Gasteiger charge is 2.06. The number of unbranched alkanes of at least 4 members (excludes halogenated alkanes) is 1. The van der Waals surface area contributed by atoms with Crippen molar-refractivity contribution in [3.8, 4) is 0 Å². The van der Waals surface area contributed by atoms with E-state index < -0.39 is 0 Å². The molecular weight excluding hydrogens is 222 g/mol. The number of nitrogens with one attached hydrogen (secondary N) is 1. The Morgan fingerprint density at radius 1 is 1.29 bits per heavy atom. The van der Waals surface area contributed by atoms with Crippen molar-refractivity contribution in [1.82, 2.24) is 5.32 Å². The van der Waals surface area contributed by atoms with Gasteiger partial charge in [0.05, 0.1) is 6.61 Å². The molecular formula is C12H23NO4. The zero-order chi connectivity index (χ0) is 13.1. The third kappa shape index (κ3) is 9.96. The first-order valence-corrected chi connectivity index (χ1v) is 6.06. The summed E-state index contributed by atoms with van der Waals surface area (Å²) in [7, 11) is 0. The van der Waals surface area contributed by atoms with Crippen LogP contribution in [0.4, 0.5) is 0 Å². The molecule has 17 heavy (non-hydrogen) atoms. The first-order chi connectivity index (χ1) is 8.07. The van der Waals surface area contributed by atoms with Crippen LogP contribution >= 0.6 is 0 Å². The Balaban J connectivity index is 3.29. The maximum absolute atomic E-state index is 11.2. The summed E-state index contributed by atoms with van der Waals surface area (Å²) < 4.78 is 5.20. The summed E-state index contributed by atoms with van der Waals surface area (Å²) in [6.45, 7) is 4.62. The minimum atomic E-state index is -0.0580. The first kappa shape index (κ1) is 16.1. The number of rotatable bonds is 10. The molecule has 0 spiro atoms. The summed E-state index contributed by atoms with van der Waals surface area (Å²) in [5, 5.41) is 11.1. The molecule has 0 saturated carbocycles. The molecule has 0 atom stereocenters. The van der Waals surface area contributed by atoms with E-state index in [1.807, 2.05) is 13.8 Å². The maximum Gasteiger partial charge on any atom is 0.220 e. The van der Waals surface area contributed by atoms with Crippen LogP contribution in [0.2, 0.25) is 0 Å². The molecule has 1 amide bonds. The molecule has 0 aliphatic rings. The second kappa shape index (κ2) is 10.2. The highest BCUT2D eigenvalue weighted by Crippen LogP contribution is 1.98. The summed E-state index contributed by atoms with van der Waals surface area (Å²) in [6, 6.07) is 0. The highest BCUT2D eigenvalue weighted by molar-refractivity contribution is 5.81. The average Bonchev–Trinajstić information content (AvgIpc) is 2.30. The fourth-order valence-electron chi connectivity index (χ4n) is 1.11. The van der Waals surface area contributed by atoms with Crippen LogP contribution in [-0.4, -0.2) is 43.2 Å². The van der Waals surface area contributed by atoms with Crippen molar-refractivity contribution in [2.24, 2.45) is 5.92 Å². The van der Waals surface area contributed by atoms with Gasteiger partial charge in [0.1, 0.15) is 6.61 Å². The average molecular weight is 245 g/mol. The molecule has 0 aliphatic carbocycles. The second-order valence-electron chi connectivity index (χ2n) is 4.20. The van der Waals surface area contributed by atoms with E-state index in [4.69, 9.17) is 9.84 Å². The number of carbonyl (C=O) groups excluding carboxylic acids is 2. The minimum Gasteiger partial charge on any atom is -0.395 e. The molecule has 0 rings (SSSR count). The van der Waals surface area contributed by atoms with Crippen molar-refractivity contribution < 1.29 is 19.4 Å².